The quantitative estimate of drug-likeness (QED) is 0.578. The molecule has 1 aromatic carbocycles. The van der Waals surface area contributed by atoms with E-state index in [1.807, 2.05) is 24.4 Å². The number of pyridine rings is 1. The number of aromatic nitrogens is 1. The minimum atomic E-state index is 0.477. The SMILES string of the molecule is CCN1CCN(c2ccc(CN=C(N)NCCc3ccccc3)cn2)CC1. The fourth-order valence-electron chi connectivity index (χ4n) is 3.20. The van der Waals surface area contributed by atoms with Crippen molar-refractivity contribution in [1.82, 2.24) is 15.2 Å². The van der Waals surface area contributed by atoms with Gasteiger partial charge in [-0.25, -0.2) is 9.98 Å². The molecule has 0 aliphatic carbocycles. The van der Waals surface area contributed by atoms with Gasteiger partial charge in [-0.2, -0.15) is 0 Å². The predicted molar refractivity (Wildman–Crippen MR) is 112 cm³/mol. The van der Waals surface area contributed by atoms with Crippen LogP contribution in [0.25, 0.3) is 0 Å². The second-order valence-electron chi connectivity index (χ2n) is 6.81. The van der Waals surface area contributed by atoms with Gasteiger partial charge in [0, 0.05) is 38.9 Å². The Morgan fingerprint density at radius 3 is 2.52 bits per heavy atom. The maximum Gasteiger partial charge on any atom is 0.188 e. The van der Waals surface area contributed by atoms with Gasteiger partial charge in [0.05, 0.1) is 6.54 Å². The van der Waals surface area contributed by atoms with E-state index in [9.17, 15) is 0 Å². The second kappa shape index (κ2) is 9.92. The Labute approximate surface area is 162 Å². The van der Waals surface area contributed by atoms with Crippen molar-refractivity contribution in [1.29, 1.82) is 0 Å². The molecule has 2 aromatic rings. The molecule has 2 heterocycles. The summed E-state index contributed by atoms with van der Waals surface area (Å²) in [7, 11) is 0. The van der Waals surface area contributed by atoms with E-state index in [1.54, 1.807) is 0 Å². The van der Waals surface area contributed by atoms with Crippen molar-refractivity contribution in [3.05, 3.63) is 59.8 Å². The van der Waals surface area contributed by atoms with Crippen LogP contribution in [0.2, 0.25) is 0 Å². The van der Waals surface area contributed by atoms with E-state index in [4.69, 9.17) is 5.73 Å². The third-order valence-electron chi connectivity index (χ3n) is 4.95. The van der Waals surface area contributed by atoms with Gasteiger partial charge in [-0.15, -0.1) is 0 Å². The fraction of sp³-hybridized carbons (Fsp3) is 0.429. The highest BCUT2D eigenvalue weighted by Gasteiger charge is 2.16. The number of nitrogens with two attached hydrogens (primary N) is 1. The number of guanidine groups is 1. The summed E-state index contributed by atoms with van der Waals surface area (Å²) in [6, 6.07) is 14.5. The monoisotopic (exact) mass is 366 g/mol. The molecular formula is C21H30N6. The normalized spacial score (nSPS) is 15.7. The molecule has 0 bridgehead atoms. The van der Waals surface area contributed by atoms with Crippen molar-refractivity contribution in [2.24, 2.45) is 10.7 Å². The molecule has 0 atom stereocenters. The number of nitrogens with one attached hydrogen (secondary N) is 1. The van der Waals surface area contributed by atoms with E-state index in [-0.39, 0.29) is 0 Å². The van der Waals surface area contributed by atoms with Crippen molar-refractivity contribution < 1.29 is 0 Å². The highest BCUT2D eigenvalue weighted by Crippen LogP contribution is 2.14. The van der Waals surface area contributed by atoms with Gasteiger partial charge in [0.2, 0.25) is 0 Å². The van der Waals surface area contributed by atoms with E-state index in [1.165, 1.54) is 5.56 Å². The van der Waals surface area contributed by atoms with E-state index in [0.29, 0.717) is 12.5 Å². The molecular weight excluding hydrogens is 336 g/mol. The first-order valence-electron chi connectivity index (χ1n) is 9.74. The van der Waals surface area contributed by atoms with Crippen molar-refractivity contribution in [2.45, 2.75) is 19.9 Å². The van der Waals surface area contributed by atoms with Gasteiger partial charge in [0.25, 0.3) is 0 Å². The van der Waals surface area contributed by atoms with Gasteiger partial charge in [-0.3, -0.25) is 0 Å². The molecule has 0 saturated carbocycles. The molecule has 1 saturated heterocycles. The van der Waals surface area contributed by atoms with Crippen LogP contribution in [-0.4, -0.2) is 55.1 Å². The molecule has 144 valence electrons. The number of nitrogens with zero attached hydrogens (tertiary/aromatic N) is 4. The first kappa shape index (κ1) is 19.2. The van der Waals surface area contributed by atoms with Gasteiger partial charge in [-0.1, -0.05) is 43.3 Å². The first-order valence-corrected chi connectivity index (χ1v) is 9.74. The zero-order chi connectivity index (χ0) is 18.9. The molecule has 3 rings (SSSR count). The van der Waals surface area contributed by atoms with E-state index < -0.39 is 0 Å². The first-order chi connectivity index (χ1) is 13.2. The number of hydrogen-bond donors (Lipinski definition) is 2. The molecule has 6 nitrogen and oxygen atoms in total. The highest BCUT2D eigenvalue weighted by molar-refractivity contribution is 5.77. The number of hydrogen-bond acceptors (Lipinski definition) is 4. The number of likely N-dealkylation sites (N-methyl/N-ethyl adjacent to an activating group) is 1. The van der Waals surface area contributed by atoms with Gasteiger partial charge in [-0.05, 0) is 30.2 Å². The Bertz CT molecular complexity index is 705. The summed E-state index contributed by atoms with van der Waals surface area (Å²) >= 11 is 0. The van der Waals surface area contributed by atoms with Gasteiger partial charge >= 0.3 is 0 Å². The summed E-state index contributed by atoms with van der Waals surface area (Å²) in [5.74, 6) is 1.53. The minimum Gasteiger partial charge on any atom is -0.370 e. The smallest absolute Gasteiger partial charge is 0.188 e. The van der Waals surface area contributed by atoms with E-state index >= 15 is 0 Å². The van der Waals surface area contributed by atoms with Crippen LogP contribution in [0.1, 0.15) is 18.1 Å². The Hall–Kier alpha value is -2.60. The summed E-state index contributed by atoms with van der Waals surface area (Å²) in [6.45, 7) is 8.95. The molecule has 0 spiro atoms. The van der Waals surface area contributed by atoms with Gasteiger partial charge < -0.3 is 20.9 Å². The summed E-state index contributed by atoms with van der Waals surface area (Å²) in [4.78, 5) is 13.8. The third-order valence-corrected chi connectivity index (χ3v) is 4.95. The lowest BCUT2D eigenvalue weighted by molar-refractivity contribution is 0.270. The lowest BCUT2D eigenvalue weighted by Gasteiger charge is -2.34. The molecule has 0 amide bonds. The number of rotatable bonds is 7. The summed E-state index contributed by atoms with van der Waals surface area (Å²) in [5, 5.41) is 3.17. The average Bonchev–Trinajstić information content (AvgIpc) is 2.73. The zero-order valence-electron chi connectivity index (χ0n) is 16.1. The van der Waals surface area contributed by atoms with E-state index in [2.05, 4.69) is 56.3 Å². The fourth-order valence-corrected chi connectivity index (χ4v) is 3.20. The molecule has 27 heavy (non-hydrogen) atoms. The van der Waals surface area contributed by atoms with Crippen LogP contribution in [-0.2, 0) is 13.0 Å². The van der Waals surface area contributed by atoms with Crippen LogP contribution >= 0.6 is 0 Å². The van der Waals surface area contributed by atoms with Crippen LogP contribution in [0, 0.1) is 0 Å². The van der Waals surface area contributed by atoms with Crippen molar-refractivity contribution in [3.8, 4) is 0 Å². The lowest BCUT2D eigenvalue weighted by Crippen LogP contribution is -2.46. The molecule has 6 heteroatoms. The van der Waals surface area contributed by atoms with Crippen molar-refractivity contribution in [3.63, 3.8) is 0 Å². The topological polar surface area (TPSA) is 69.8 Å². The van der Waals surface area contributed by atoms with Crippen LogP contribution in [0.4, 0.5) is 5.82 Å². The Morgan fingerprint density at radius 2 is 1.85 bits per heavy atom. The molecule has 0 radical (unpaired) electrons. The second-order valence-corrected chi connectivity index (χ2v) is 6.81. The number of anilines is 1. The number of aliphatic imine (C=N–C) groups is 1. The van der Waals surface area contributed by atoms with Crippen LogP contribution < -0.4 is 16.0 Å². The Balaban J connectivity index is 1.43. The zero-order valence-corrected chi connectivity index (χ0v) is 16.1. The summed E-state index contributed by atoms with van der Waals surface area (Å²) < 4.78 is 0. The van der Waals surface area contributed by atoms with Crippen molar-refractivity contribution in [2.75, 3.05) is 44.2 Å². The number of piperazine rings is 1. The number of benzene rings is 1. The maximum atomic E-state index is 5.96. The molecule has 3 N–H and O–H groups in total. The third kappa shape index (κ3) is 5.96. The maximum absolute atomic E-state index is 5.96. The van der Waals surface area contributed by atoms with Crippen LogP contribution in [0.5, 0.6) is 0 Å². The van der Waals surface area contributed by atoms with Crippen LogP contribution in [0.3, 0.4) is 0 Å². The molecule has 1 aliphatic heterocycles. The Kier molecular flexibility index (Phi) is 7.04. The summed E-state index contributed by atoms with van der Waals surface area (Å²) in [5.41, 5.74) is 8.32. The van der Waals surface area contributed by atoms with E-state index in [0.717, 1.165) is 57.1 Å². The summed E-state index contributed by atoms with van der Waals surface area (Å²) in [6.07, 6.45) is 2.83. The van der Waals surface area contributed by atoms with Crippen LogP contribution in [0.15, 0.2) is 53.7 Å². The Morgan fingerprint density at radius 1 is 1.07 bits per heavy atom. The lowest BCUT2D eigenvalue weighted by atomic mass is 10.1. The molecule has 0 unspecified atom stereocenters. The minimum absolute atomic E-state index is 0.477. The largest absolute Gasteiger partial charge is 0.370 e. The highest BCUT2D eigenvalue weighted by atomic mass is 15.3. The molecule has 1 fully saturated rings. The van der Waals surface area contributed by atoms with Gasteiger partial charge in [0.15, 0.2) is 5.96 Å². The van der Waals surface area contributed by atoms with Gasteiger partial charge in [0.1, 0.15) is 5.82 Å². The molecule has 1 aliphatic rings. The predicted octanol–water partition coefficient (Wildman–Crippen LogP) is 1.87. The van der Waals surface area contributed by atoms with Crippen molar-refractivity contribution >= 4 is 11.8 Å². The molecule has 1 aromatic heterocycles. The standard InChI is InChI=1S/C21H30N6/c1-2-26-12-14-27(15-13-26)20-9-8-19(16-24-20)17-25-21(22)23-11-10-18-6-4-3-5-7-18/h3-9,16H,2,10-15,17H2,1H3,(H3,22,23,25). The average molecular weight is 367 g/mol.